The summed E-state index contributed by atoms with van der Waals surface area (Å²) >= 11 is 5.95. The molecule has 2 rings (SSSR count). The van der Waals surface area contributed by atoms with Crippen LogP contribution in [0.15, 0.2) is 18.2 Å². The molecule has 0 fully saturated rings. The van der Waals surface area contributed by atoms with Gasteiger partial charge in [-0.25, -0.2) is 4.98 Å². The second-order valence-corrected chi connectivity index (χ2v) is 4.83. The first kappa shape index (κ1) is 13.3. The summed E-state index contributed by atoms with van der Waals surface area (Å²) in [4.78, 5) is 4.55. The van der Waals surface area contributed by atoms with Gasteiger partial charge in [0.05, 0.1) is 24.2 Å². The van der Waals surface area contributed by atoms with Gasteiger partial charge in [-0.3, -0.25) is 0 Å². The number of aliphatic hydroxyl groups is 1. The summed E-state index contributed by atoms with van der Waals surface area (Å²) in [7, 11) is 1.99. The number of benzene rings is 1. The van der Waals surface area contributed by atoms with Crippen LogP contribution in [0.25, 0.3) is 11.0 Å². The lowest BCUT2D eigenvalue weighted by atomic mass is 10.2. The number of halogens is 1. The lowest BCUT2D eigenvalue weighted by molar-refractivity contribution is 0.237. The van der Waals surface area contributed by atoms with Crippen molar-refractivity contribution in [2.45, 2.75) is 25.9 Å². The predicted molar refractivity (Wildman–Crippen MR) is 73.7 cm³/mol. The first-order valence-corrected chi connectivity index (χ1v) is 6.48. The first-order valence-electron chi connectivity index (χ1n) is 6.10. The van der Waals surface area contributed by atoms with E-state index in [-0.39, 0.29) is 12.6 Å². The van der Waals surface area contributed by atoms with Crippen LogP contribution >= 0.6 is 11.6 Å². The molecule has 1 aromatic carbocycles. The van der Waals surface area contributed by atoms with Crippen LogP contribution in [-0.4, -0.2) is 27.3 Å². The number of aliphatic hydroxyl groups excluding tert-OH is 1. The van der Waals surface area contributed by atoms with Crippen molar-refractivity contribution in [3.63, 3.8) is 0 Å². The van der Waals surface area contributed by atoms with Crippen LogP contribution in [0.3, 0.4) is 0 Å². The van der Waals surface area contributed by atoms with Crippen LogP contribution in [-0.2, 0) is 13.6 Å². The highest BCUT2D eigenvalue weighted by molar-refractivity contribution is 6.31. The van der Waals surface area contributed by atoms with Gasteiger partial charge in [0.2, 0.25) is 0 Å². The van der Waals surface area contributed by atoms with Gasteiger partial charge in [-0.1, -0.05) is 18.5 Å². The minimum Gasteiger partial charge on any atom is -0.395 e. The largest absolute Gasteiger partial charge is 0.395 e. The number of hydrogen-bond acceptors (Lipinski definition) is 3. The van der Waals surface area contributed by atoms with Gasteiger partial charge in [0.25, 0.3) is 0 Å². The Morgan fingerprint density at radius 1 is 1.50 bits per heavy atom. The lowest BCUT2D eigenvalue weighted by Gasteiger charge is -2.13. The maximum absolute atomic E-state index is 9.14. The molecule has 2 aromatic rings. The Labute approximate surface area is 112 Å². The molecule has 0 saturated heterocycles. The summed E-state index contributed by atoms with van der Waals surface area (Å²) in [5.41, 5.74) is 1.96. The molecule has 0 aliphatic rings. The molecule has 0 saturated carbocycles. The van der Waals surface area contributed by atoms with Gasteiger partial charge in [-0.05, 0) is 24.6 Å². The highest BCUT2D eigenvalue weighted by Gasteiger charge is 2.10. The van der Waals surface area contributed by atoms with Gasteiger partial charge in [0, 0.05) is 18.1 Å². The SMILES string of the molecule is CCC(CO)NCc1nc2cc(Cl)ccc2n1C. The van der Waals surface area contributed by atoms with Crippen molar-refractivity contribution < 1.29 is 5.11 Å². The number of aromatic nitrogens is 2. The molecule has 0 bridgehead atoms. The van der Waals surface area contributed by atoms with E-state index >= 15 is 0 Å². The monoisotopic (exact) mass is 267 g/mol. The number of aryl methyl sites for hydroxylation is 1. The van der Waals surface area contributed by atoms with E-state index in [2.05, 4.69) is 10.3 Å². The van der Waals surface area contributed by atoms with E-state index in [1.165, 1.54) is 0 Å². The molecule has 1 heterocycles. The molecule has 1 atom stereocenters. The number of imidazole rings is 1. The van der Waals surface area contributed by atoms with E-state index in [0.717, 1.165) is 23.3 Å². The van der Waals surface area contributed by atoms with Crippen LogP contribution in [0, 0.1) is 0 Å². The minimum absolute atomic E-state index is 0.119. The van der Waals surface area contributed by atoms with E-state index in [0.29, 0.717) is 11.6 Å². The van der Waals surface area contributed by atoms with Gasteiger partial charge < -0.3 is 15.0 Å². The normalized spacial score (nSPS) is 13.1. The van der Waals surface area contributed by atoms with Crippen LogP contribution < -0.4 is 5.32 Å². The van der Waals surface area contributed by atoms with Gasteiger partial charge in [-0.2, -0.15) is 0 Å². The molecule has 1 aromatic heterocycles. The van der Waals surface area contributed by atoms with Crippen molar-refractivity contribution >= 4 is 22.6 Å². The van der Waals surface area contributed by atoms with Crippen LogP contribution in [0.4, 0.5) is 0 Å². The van der Waals surface area contributed by atoms with Crippen molar-refractivity contribution in [1.82, 2.24) is 14.9 Å². The maximum Gasteiger partial charge on any atom is 0.123 e. The quantitative estimate of drug-likeness (QED) is 0.872. The van der Waals surface area contributed by atoms with E-state index in [1.54, 1.807) is 0 Å². The van der Waals surface area contributed by atoms with Gasteiger partial charge in [-0.15, -0.1) is 0 Å². The Morgan fingerprint density at radius 3 is 2.94 bits per heavy atom. The molecular weight excluding hydrogens is 250 g/mol. The molecule has 0 spiro atoms. The average Bonchev–Trinajstić information content (AvgIpc) is 2.67. The molecule has 4 nitrogen and oxygen atoms in total. The molecule has 98 valence electrons. The van der Waals surface area contributed by atoms with Crippen molar-refractivity contribution in [2.24, 2.45) is 7.05 Å². The standard InChI is InChI=1S/C13H18ClN3O/c1-3-10(8-18)15-7-13-16-11-6-9(14)4-5-12(11)17(13)2/h4-6,10,15,18H,3,7-8H2,1-2H3. The van der Waals surface area contributed by atoms with E-state index < -0.39 is 0 Å². The Bertz CT molecular complexity index is 534. The highest BCUT2D eigenvalue weighted by Crippen LogP contribution is 2.19. The molecular formula is C13H18ClN3O. The fraction of sp³-hybridized carbons (Fsp3) is 0.462. The van der Waals surface area contributed by atoms with E-state index in [9.17, 15) is 0 Å². The third kappa shape index (κ3) is 2.66. The summed E-state index contributed by atoms with van der Waals surface area (Å²) in [5.74, 6) is 0.944. The number of fused-ring (bicyclic) bond motifs is 1. The van der Waals surface area contributed by atoms with Crippen molar-refractivity contribution in [2.75, 3.05) is 6.61 Å². The van der Waals surface area contributed by atoms with Crippen molar-refractivity contribution in [3.8, 4) is 0 Å². The Balaban J connectivity index is 2.21. The zero-order valence-electron chi connectivity index (χ0n) is 10.7. The number of nitrogens with zero attached hydrogens (tertiary/aromatic N) is 2. The number of hydrogen-bond donors (Lipinski definition) is 2. The third-order valence-corrected chi connectivity index (χ3v) is 3.43. The zero-order chi connectivity index (χ0) is 13.1. The van der Waals surface area contributed by atoms with E-state index in [1.807, 2.05) is 36.7 Å². The summed E-state index contributed by atoms with van der Waals surface area (Å²) in [6.45, 7) is 2.83. The zero-order valence-corrected chi connectivity index (χ0v) is 11.4. The second kappa shape index (κ2) is 5.69. The summed E-state index contributed by atoms with van der Waals surface area (Å²) < 4.78 is 2.04. The number of nitrogens with one attached hydrogen (secondary N) is 1. The lowest BCUT2D eigenvalue weighted by Crippen LogP contribution is -2.32. The molecule has 0 amide bonds. The Kier molecular flexibility index (Phi) is 4.22. The van der Waals surface area contributed by atoms with Crippen molar-refractivity contribution in [1.29, 1.82) is 0 Å². The third-order valence-electron chi connectivity index (χ3n) is 3.20. The van der Waals surface area contributed by atoms with E-state index in [4.69, 9.17) is 16.7 Å². The highest BCUT2D eigenvalue weighted by atomic mass is 35.5. The number of rotatable bonds is 5. The van der Waals surface area contributed by atoms with Crippen LogP contribution in [0.5, 0.6) is 0 Å². The predicted octanol–water partition coefficient (Wildman–Crippen LogP) is 2.09. The first-order chi connectivity index (χ1) is 8.65. The fourth-order valence-corrected chi connectivity index (χ4v) is 2.12. The molecule has 0 aliphatic carbocycles. The smallest absolute Gasteiger partial charge is 0.123 e. The van der Waals surface area contributed by atoms with Gasteiger partial charge >= 0.3 is 0 Å². The molecule has 0 aliphatic heterocycles. The summed E-state index contributed by atoms with van der Waals surface area (Å²) in [6.07, 6.45) is 0.895. The van der Waals surface area contributed by atoms with Crippen LogP contribution in [0.1, 0.15) is 19.2 Å². The Morgan fingerprint density at radius 2 is 2.28 bits per heavy atom. The topological polar surface area (TPSA) is 50.1 Å². The minimum atomic E-state index is 0.119. The average molecular weight is 268 g/mol. The van der Waals surface area contributed by atoms with Gasteiger partial charge in [0.1, 0.15) is 5.82 Å². The molecule has 0 radical (unpaired) electrons. The molecule has 5 heteroatoms. The molecule has 2 N–H and O–H groups in total. The maximum atomic E-state index is 9.14. The van der Waals surface area contributed by atoms with Crippen molar-refractivity contribution in [3.05, 3.63) is 29.0 Å². The molecule has 18 heavy (non-hydrogen) atoms. The summed E-state index contributed by atoms with van der Waals surface area (Å²) in [6, 6.07) is 5.82. The second-order valence-electron chi connectivity index (χ2n) is 4.39. The summed E-state index contributed by atoms with van der Waals surface area (Å²) in [5, 5.41) is 13.1. The van der Waals surface area contributed by atoms with Gasteiger partial charge in [0.15, 0.2) is 0 Å². The molecule has 1 unspecified atom stereocenters. The van der Waals surface area contributed by atoms with Crippen LogP contribution in [0.2, 0.25) is 5.02 Å². The Hall–Kier alpha value is -1.10. The fourth-order valence-electron chi connectivity index (χ4n) is 1.95.